The summed E-state index contributed by atoms with van der Waals surface area (Å²) in [7, 11) is 0. The number of phenolic OH excluding ortho intramolecular Hbond substituents is 1. The summed E-state index contributed by atoms with van der Waals surface area (Å²) in [6, 6.07) is 16.1. The lowest BCUT2D eigenvalue weighted by Gasteiger charge is -2.38. The molecule has 0 radical (unpaired) electrons. The van der Waals surface area contributed by atoms with Crippen molar-refractivity contribution in [2.45, 2.75) is 75.2 Å². The molecular weight excluding hydrogens is 749 g/mol. The molecule has 2 aliphatic heterocycles. The van der Waals surface area contributed by atoms with Crippen LogP contribution >= 0.6 is 22.7 Å². The number of hydrogen-bond acceptors (Lipinski definition) is 13. The number of benzene rings is 2. The minimum absolute atomic E-state index is 0.0706. The Hall–Kier alpha value is -4.28. The molecule has 0 amide bonds. The monoisotopic (exact) mass is 798 g/mol. The number of fused-ring (bicyclic) bond motifs is 2. The zero-order valence-electron chi connectivity index (χ0n) is 31.4. The van der Waals surface area contributed by atoms with Gasteiger partial charge in [-0.1, -0.05) is 18.2 Å². The van der Waals surface area contributed by atoms with Gasteiger partial charge in [-0.15, -0.1) is 22.7 Å². The number of aromatic nitrogens is 1. The third-order valence-electron chi connectivity index (χ3n) is 11.8. The molecule has 5 heterocycles. The predicted octanol–water partition coefficient (Wildman–Crippen LogP) is 4.93. The van der Waals surface area contributed by atoms with E-state index in [0.717, 1.165) is 87.8 Å². The van der Waals surface area contributed by atoms with Gasteiger partial charge in [0.25, 0.3) is 0 Å². The number of nitrogen functional groups attached to an aromatic ring is 1. The van der Waals surface area contributed by atoms with Crippen LogP contribution in [0.1, 0.15) is 64.1 Å². The number of anilines is 2. The van der Waals surface area contributed by atoms with E-state index in [-0.39, 0.29) is 16.9 Å². The van der Waals surface area contributed by atoms with E-state index in [4.69, 9.17) is 21.1 Å². The molecule has 12 nitrogen and oxygen atoms in total. The molecule has 8 rings (SSSR count). The van der Waals surface area contributed by atoms with Gasteiger partial charge in [0, 0.05) is 44.1 Å². The van der Waals surface area contributed by atoms with Crippen molar-refractivity contribution in [3.05, 3.63) is 108 Å². The van der Waals surface area contributed by atoms with E-state index in [2.05, 4.69) is 21.3 Å². The molecule has 14 heteroatoms. The Morgan fingerprint density at radius 2 is 1.82 bits per heavy atom. The SMILES string of the molecule is Nc1cc(CNCCc2ccc(O)c3[nH]c(=O)ccc23)c2c(c1N(N)CCCN1CCC3(CC1)CC(OC(=O)C(O)(c1cccs1)c1cccs1)CO3)CCC2. The number of rotatable bonds is 14. The number of aromatic amines is 1. The van der Waals surface area contributed by atoms with Crippen LogP contribution in [-0.2, 0) is 45.7 Å². The fourth-order valence-corrected chi connectivity index (χ4v) is 10.6. The smallest absolute Gasteiger partial charge is 0.349 e. The van der Waals surface area contributed by atoms with Crippen molar-refractivity contribution >= 4 is 50.9 Å². The van der Waals surface area contributed by atoms with Crippen molar-refractivity contribution in [3.8, 4) is 5.75 Å². The van der Waals surface area contributed by atoms with Crippen molar-refractivity contribution in [2.75, 3.05) is 50.1 Å². The maximum Gasteiger partial charge on any atom is 0.349 e. The van der Waals surface area contributed by atoms with Crippen LogP contribution in [0.15, 0.2) is 70.2 Å². The minimum Gasteiger partial charge on any atom is -0.506 e. The van der Waals surface area contributed by atoms with Crippen molar-refractivity contribution in [1.29, 1.82) is 0 Å². The standard InChI is InChI=1S/C42H50N6O6S2/c43-33-23-28(25-45-16-13-27-9-11-34(49)38-31(27)10-12-37(50)46-38)30-5-1-6-32(30)39(33)48(44)18-4-17-47-19-14-41(15-20-47)24-29(26-53-41)54-40(51)42(52,35-7-2-21-55-35)36-8-3-22-56-36/h2-3,7-12,21-23,29,45,49,52H,1,4-6,13-20,24-26,43-44H2,(H,46,50). The van der Waals surface area contributed by atoms with Crippen molar-refractivity contribution in [2.24, 2.45) is 5.84 Å². The Balaban J connectivity index is 0.805. The van der Waals surface area contributed by atoms with Gasteiger partial charge in [-0.25, -0.2) is 10.6 Å². The summed E-state index contributed by atoms with van der Waals surface area (Å²) in [6.07, 6.45) is 6.62. The van der Waals surface area contributed by atoms with E-state index in [9.17, 15) is 19.8 Å². The number of aromatic hydroxyl groups is 1. The van der Waals surface area contributed by atoms with Gasteiger partial charge in [0.2, 0.25) is 11.2 Å². The lowest BCUT2D eigenvalue weighted by molar-refractivity contribution is -0.167. The number of nitrogens with one attached hydrogen (secondary N) is 2. The van der Waals surface area contributed by atoms with Crippen LogP contribution in [0.4, 0.5) is 11.4 Å². The van der Waals surface area contributed by atoms with Crippen molar-refractivity contribution in [1.82, 2.24) is 15.2 Å². The highest BCUT2D eigenvalue weighted by Crippen LogP contribution is 2.41. The largest absolute Gasteiger partial charge is 0.506 e. The van der Waals surface area contributed by atoms with Gasteiger partial charge in [-0.05, 0) is 121 Å². The molecule has 1 spiro atoms. The Morgan fingerprint density at radius 1 is 1.07 bits per heavy atom. The second kappa shape index (κ2) is 16.3. The second-order valence-electron chi connectivity index (χ2n) is 15.3. The maximum atomic E-state index is 13.5. The number of nitrogens with two attached hydrogens (primary N) is 2. The number of esters is 1. The highest BCUT2D eigenvalue weighted by Gasteiger charge is 2.48. The average molecular weight is 799 g/mol. The van der Waals surface area contributed by atoms with Crippen molar-refractivity contribution < 1.29 is 24.5 Å². The number of likely N-dealkylation sites (tertiary alicyclic amines) is 1. The Labute approximate surface area is 334 Å². The number of carbonyl (C=O) groups excluding carboxylic acids is 1. The van der Waals surface area contributed by atoms with Crippen LogP contribution in [0, 0.1) is 0 Å². The number of piperidine rings is 1. The summed E-state index contributed by atoms with van der Waals surface area (Å²) in [5.41, 5.74) is 11.3. The molecule has 2 aromatic carbocycles. The lowest BCUT2D eigenvalue weighted by Crippen LogP contribution is -2.45. The molecule has 0 bridgehead atoms. The molecule has 1 atom stereocenters. The molecule has 5 aromatic rings. The van der Waals surface area contributed by atoms with E-state index in [1.807, 2.05) is 34.0 Å². The number of thiophene rings is 2. The third-order valence-corrected chi connectivity index (χ3v) is 13.7. The predicted molar refractivity (Wildman–Crippen MR) is 221 cm³/mol. The van der Waals surface area contributed by atoms with Crippen molar-refractivity contribution in [3.63, 3.8) is 0 Å². The molecule has 3 aromatic heterocycles. The maximum absolute atomic E-state index is 13.5. The van der Waals surface area contributed by atoms with E-state index in [1.165, 1.54) is 45.4 Å². The minimum atomic E-state index is -1.82. The first-order valence-corrected chi connectivity index (χ1v) is 21.3. The van der Waals surface area contributed by atoms with Gasteiger partial charge in [-0.3, -0.25) is 4.79 Å². The summed E-state index contributed by atoms with van der Waals surface area (Å²) < 4.78 is 12.3. The summed E-state index contributed by atoms with van der Waals surface area (Å²) >= 11 is 2.68. The summed E-state index contributed by atoms with van der Waals surface area (Å²) in [6.45, 7) is 5.14. The number of H-pyrrole nitrogens is 1. The van der Waals surface area contributed by atoms with E-state index in [1.54, 1.807) is 24.3 Å². The van der Waals surface area contributed by atoms with E-state index < -0.39 is 17.7 Å². The van der Waals surface area contributed by atoms with Crippen LogP contribution in [0.25, 0.3) is 10.9 Å². The highest BCUT2D eigenvalue weighted by atomic mass is 32.1. The fraction of sp³-hybridized carbons (Fsp3) is 0.429. The number of nitrogens with zero attached hydrogens (tertiary/aromatic N) is 2. The molecule has 3 aliphatic rings. The quantitative estimate of drug-likeness (QED) is 0.0295. The summed E-state index contributed by atoms with van der Waals surface area (Å²) in [4.78, 5) is 31.6. The van der Waals surface area contributed by atoms with Crippen LogP contribution in [0.5, 0.6) is 5.75 Å². The zero-order chi connectivity index (χ0) is 38.9. The Morgan fingerprint density at radius 3 is 2.55 bits per heavy atom. The molecule has 1 unspecified atom stereocenters. The van der Waals surface area contributed by atoms with Gasteiger partial charge in [0.15, 0.2) is 0 Å². The van der Waals surface area contributed by atoms with Gasteiger partial charge >= 0.3 is 5.97 Å². The topological polar surface area (TPSA) is 179 Å². The molecule has 56 heavy (non-hydrogen) atoms. The highest BCUT2D eigenvalue weighted by molar-refractivity contribution is 7.12. The molecular formula is C42H50N6O6S2. The summed E-state index contributed by atoms with van der Waals surface area (Å²) in [5.74, 6) is 6.15. The molecule has 2 saturated heterocycles. The van der Waals surface area contributed by atoms with Gasteiger partial charge < -0.3 is 45.6 Å². The van der Waals surface area contributed by atoms with E-state index in [0.29, 0.717) is 47.1 Å². The number of phenols is 1. The Bertz CT molecular complexity index is 2180. The fourth-order valence-electron chi connectivity index (χ4n) is 8.85. The number of ether oxygens (including phenoxy) is 2. The van der Waals surface area contributed by atoms with Gasteiger partial charge in [0.1, 0.15) is 11.9 Å². The number of carbonyl (C=O) groups is 1. The van der Waals surface area contributed by atoms with Gasteiger partial charge in [-0.2, -0.15) is 0 Å². The molecule has 0 saturated carbocycles. The van der Waals surface area contributed by atoms with Crippen LogP contribution in [-0.4, -0.2) is 77.1 Å². The van der Waals surface area contributed by atoms with Crippen LogP contribution in [0.3, 0.4) is 0 Å². The molecule has 8 N–H and O–H groups in total. The normalized spacial score (nSPS) is 18.1. The number of hydrazine groups is 1. The first kappa shape index (κ1) is 38.6. The average Bonchev–Trinajstić information content (AvgIpc) is 4.04. The lowest BCUT2D eigenvalue weighted by atomic mass is 9.88. The van der Waals surface area contributed by atoms with E-state index >= 15 is 0 Å². The first-order chi connectivity index (χ1) is 27.1. The number of hydrogen-bond donors (Lipinski definition) is 6. The van der Waals surface area contributed by atoms with Gasteiger partial charge in [0.05, 0.1) is 38.9 Å². The first-order valence-electron chi connectivity index (χ1n) is 19.5. The molecule has 1 aliphatic carbocycles. The molecule has 296 valence electrons. The van der Waals surface area contributed by atoms with Crippen LogP contribution in [0.2, 0.25) is 0 Å². The second-order valence-corrected chi connectivity index (χ2v) is 17.2. The van der Waals surface area contributed by atoms with Crippen LogP contribution < -0.4 is 27.5 Å². The zero-order valence-corrected chi connectivity index (χ0v) is 33.1. The number of pyridine rings is 1. The third kappa shape index (κ3) is 7.71. The summed E-state index contributed by atoms with van der Waals surface area (Å²) in [5, 5.41) is 31.8. The molecule has 2 fully saturated rings. The number of aliphatic hydroxyl groups is 1. The Kier molecular flexibility index (Phi) is 11.2.